The number of carbonyl (C=O) groups excluding carboxylic acids is 2. The van der Waals surface area contributed by atoms with Crippen molar-refractivity contribution in [1.29, 1.82) is 0 Å². The highest BCUT2D eigenvalue weighted by Gasteiger charge is 2.23. The summed E-state index contributed by atoms with van der Waals surface area (Å²) >= 11 is 12.1. The monoisotopic (exact) mass is 546 g/mol. The highest BCUT2D eigenvalue weighted by atomic mass is 35.5. The summed E-state index contributed by atoms with van der Waals surface area (Å²) in [5.74, 6) is -0.959. The van der Waals surface area contributed by atoms with E-state index in [4.69, 9.17) is 23.2 Å². The van der Waals surface area contributed by atoms with Gasteiger partial charge in [-0.1, -0.05) is 47.5 Å². The van der Waals surface area contributed by atoms with Crippen molar-refractivity contribution in [2.45, 2.75) is 13.8 Å². The largest absolute Gasteiger partial charge is 0.322 e. The molecule has 0 heterocycles. The molecule has 3 rings (SSSR count). The Hall–Kier alpha value is -3.40. The molecule has 0 radical (unpaired) electrons. The van der Waals surface area contributed by atoms with Crippen molar-refractivity contribution < 1.29 is 18.0 Å². The lowest BCUT2D eigenvalue weighted by Crippen LogP contribution is -2.39. The number of amides is 2. The highest BCUT2D eigenvalue weighted by molar-refractivity contribution is 7.92. The third-order valence-electron chi connectivity index (χ3n) is 5.17. The van der Waals surface area contributed by atoms with Crippen LogP contribution in [0.3, 0.4) is 0 Å². The molecule has 0 aliphatic rings. The minimum atomic E-state index is -3.77. The van der Waals surface area contributed by atoms with Gasteiger partial charge in [0, 0.05) is 21.3 Å². The first-order valence-corrected chi connectivity index (χ1v) is 13.3. The van der Waals surface area contributed by atoms with Crippen molar-refractivity contribution in [2.75, 3.05) is 22.4 Å². The summed E-state index contributed by atoms with van der Waals surface area (Å²) in [5.41, 5.74) is 5.27. The number of rotatable bonds is 8. The number of anilines is 2. The molecule has 11 heteroatoms. The fourth-order valence-corrected chi connectivity index (χ4v) is 4.55. The molecular formula is C25H24Cl2N4O4S. The molecule has 0 aliphatic heterocycles. The third kappa shape index (κ3) is 7.07. The second kappa shape index (κ2) is 11.6. The summed E-state index contributed by atoms with van der Waals surface area (Å²) in [6.07, 6.45) is 1.01. The molecular weight excluding hydrogens is 523 g/mol. The second-order valence-corrected chi connectivity index (χ2v) is 10.7. The number of carbonyl (C=O) groups is 2. The SMILES string of the molecule is C/C(=N/NC(=O)CN(c1cccc(Cl)c1C)S(C)(=O)=O)c1cccc(NC(=O)c2cccc(Cl)c2)c1. The van der Waals surface area contributed by atoms with Crippen LogP contribution in [0.4, 0.5) is 11.4 Å². The molecule has 0 spiro atoms. The van der Waals surface area contributed by atoms with E-state index in [1.807, 2.05) is 0 Å². The number of hydrazone groups is 1. The van der Waals surface area contributed by atoms with Gasteiger partial charge in [0.2, 0.25) is 10.0 Å². The number of sulfonamides is 1. The van der Waals surface area contributed by atoms with Crippen molar-refractivity contribution in [3.05, 3.63) is 93.5 Å². The van der Waals surface area contributed by atoms with Crippen LogP contribution in [-0.2, 0) is 14.8 Å². The van der Waals surface area contributed by atoms with Crippen LogP contribution in [0.25, 0.3) is 0 Å². The smallest absolute Gasteiger partial charge is 0.260 e. The topological polar surface area (TPSA) is 108 Å². The Morgan fingerprint density at radius 2 is 1.64 bits per heavy atom. The number of nitrogens with zero attached hydrogens (tertiary/aromatic N) is 2. The maximum Gasteiger partial charge on any atom is 0.260 e. The first-order chi connectivity index (χ1) is 17.0. The van der Waals surface area contributed by atoms with E-state index in [-0.39, 0.29) is 5.91 Å². The van der Waals surface area contributed by atoms with Crippen molar-refractivity contribution in [2.24, 2.45) is 5.10 Å². The van der Waals surface area contributed by atoms with Crippen LogP contribution in [0.2, 0.25) is 10.0 Å². The lowest BCUT2D eigenvalue weighted by molar-refractivity contribution is -0.119. The molecule has 0 saturated heterocycles. The van der Waals surface area contributed by atoms with Crippen LogP contribution < -0.4 is 15.0 Å². The Morgan fingerprint density at radius 1 is 0.972 bits per heavy atom. The van der Waals surface area contributed by atoms with Crippen LogP contribution in [0.15, 0.2) is 71.8 Å². The fourth-order valence-electron chi connectivity index (χ4n) is 3.28. The van der Waals surface area contributed by atoms with Gasteiger partial charge in [-0.2, -0.15) is 5.10 Å². The van der Waals surface area contributed by atoms with E-state index in [1.54, 1.807) is 80.6 Å². The minimum absolute atomic E-state index is 0.309. The van der Waals surface area contributed by atoms with E-state index < -0.39 is 22.5 Å². The maximum atomic E-state index is 12.6. The third-order valence-corrected chi connectivity index (χ3v) is 6.94. The molecule has 0 bridgehead atoms. The number of nitrogens with one attached hydrogen (secondary N) is 2. The molecule has 3 aromatic rings. The van der Waals surface area contributed by atoms with Gasteiger partial charge in [0.15, 0.2) is 0 Å². The zero-order chi connectivity index (χ0) is 26.5. The molecule has 188 valence electrons. The van der Waals surface area contributed by atoms with Crippen LogP contribution in [0.5, 0.6) is 0 Å². The molecule has 8 nitrogen and oxygen atoms in total. The van der Waals surface area contributed by atoms with Gasteiger partial charge in [-0.05, 0) is 67.4 Å². The van der Waals surface area contributed by atoms with Crippen molar-refractivity contribution in [3.8, 4) is 0 Å². The standard InChI is InChI=1S/C25H24Cl2N4O4S/c1-16-22(27)11-6-12-23(16)31(36(3,34)35)15-24(32)30-29-17(2)18-7-5-10-21(14-18)28-25(33)19-8-4-9-20(26)13-19/h4-14H,15H2,1-3H3,(H,28,33)(H,30,32)/b29-17-. The van der Waals surface area contributed by atoms with Crippen LogP contribution in [0, 0.1) is 6.92 Å². The van der Waals surface area contributed by atoms with Gasteiger partial charge < -0.3 is 5.32 Å². The van der Waals surface area contributed by atoms with E-state index in [0.717, 1.165) is 10.6 Å². The Labute approximate surface area is 220 Å². The first kappa shape index (κ1) is 27.2. The van der Waals surface area contributed by atoms with E-state index in [1.165, 1.54) is 0 Å². The Balaban J connectivity index is 1.71. The normalized spacial score (nSPS) is 11.6. The second-order valence-electron chi connectivity index (χ2n) is 7.93. The average molecular weight is 547 g/mol. The zero-order valence-electron chi connectivity index (χ0n) is 19.7. The van der Waals surface area contributed by atoms with E-state index in [0.29, 0.717) is 43.8 Å². The van der Waals surface area contributed by atoms with Gasteiger partial charge in [0.05, 0.1) is 17.7 Å². The number of halogens is 2. The minimum Gasteiger partial charge on any atom is -0.322 e. The van der Waals surface area contributed by atoms with Gasteiger partial charge in [-0.25, -0.2) is 13.8 Å². The van der Waals surface area contributed by atoms with E-state index in [9.17, 15) is 18.0 Å². The molecule has 2 N–H and O–H groups in total. The van der Waals surface area contributed by atoms with Crippen LogP contribution in [0.1, 0.15) is 28.4 Å². The fraction of sp³-hybridized carbons (Fsp3) is 0.160. The summed E-state index contributed by atoms with van der Waals surface area (Å²) in [4.78, 5) is 25.1. The van der Waals surface area contributed by atoms with E-state index >= 15 is 0 Å². The lowest BCUT2D eigenvalue weighted by Gasteiger charge is -2.23. The molecule has 0 fully saturated rings. The maximum absolute atomic E-state index is 12.6. The molecule has 0 saturated carbocycles. The van der Waals surface area contributed by atoms with Crippen LogP contribution in [-0.4, -0.2) is 38.7 Å². The van der Waals surface area contributed by atoms with Crippen molar-refractivity contribution >= 4 is 62.1 Å². The number of hydrogen-bond acceptors (Lipinski definition) is 5. The Morgan fingerprint density at radius 3 is 2.33 bits per heavy atom. The summed E-state index contributed by atoms with van der Waals surface area (Å²) in [6.45, 7) is 2.87. The molecule has 2 amide bonds. The lowest BCUT2D eigenvalue weighted by atomic mass is 10.1. The summed E-state index contributed by atoms with van der Waals surface area (Å²) < 4.78 is 25.7. The zero-order valence-corrected chi connectivity index (χ0v) is 22.1. The summed E-state index contributed by atoms with van der Waals surface area (Å²) in [7, 11) is -3.77. The Kier molecular flexibility index (Phi) is 8.73. The average Bonchev–Trinajstić information content (AvgIpc) is 2.82. The first-order valence-electron chi connectivity index (χ1n) is 10.7. The number of hydrogen-bond donors (Lipinski definition) is 2. The highest BCUT2D eigenvalue weighted by Crippen LogP contribution is 2.28. The molecule has 0 aromatic heterocycles. The number of benzene rings is 3. The predicted molar refractivity (Wildman–Crippen MR) is 145 cm³/mol. The van der Waals surface area contributed by atoms with Gasteiger partial charge in [0.25, 0.3) is 11.8 Å². The molecule has 36 heavy (non-hydrogen) atoms. The van der Waals surface area contributed by atoms with Crippen LogP contribution >= 0.6 is 23.2 Å². The van der Waals surface area contributed by atoms with Crippen molar-refractivity contribution in [3.63, 3.8) is 0 Å². The van der Waals surface area contributed by atoms with Gasteiger partial charge >= 0.3 is 0 Å². The van der Waals surface area contributed by atoms with Gasteiger partial charge in [-0.15, -0.1) is 0 Å². The van der Waals surface area contributed by atoms with Gasteiger partial charge in [0.1, 0.15) is 6.54 Å². The Bertz CT molecular complexity index is 1440. The predicted octanol–water partition coefficient (Wildman–Crippen LogP) is 4.86. The summed E-state index contributed by atoms with van der Waals surface area (Å²) in [6, 6.07) is 18.3. The molecule has 0 unspecified atom stereocenters. The molecule has 3 aromatic carbocycles. The quantitative estimate of drug-likeness (QED) is 0.310. The summed E-state index contributed by atoms with van der Waals surface area (Å²) in [5, 5.41) is 7.73. The van der Waals surface area contributed by atoms with Crippen molar-refractivity contribution in [1.82, 2.24) is 5.43 Å². The van der Waals surface area contributed by atoms with E-state index in [2.05, 4.69) is 15.8 Å². The van der Waals surface area contributed by atoms with Gasteiger partial charge in [-0.3, -0.25) is 13.9 Å². The molecule has 0 aliphatic carbocycles. The molecule has 0 atom stereocenters.